The molecule has 0 bridgehead atoms. The molecule has 5 heteroatoms. The molecule has 18 heavy (non-hydrogen) atoms. The predicted molar refractivity (Wildman–Crippen MR) is 75.1 cm³/mol. The first-order valence-corrected chi connectivity index (χ1v) is 5.34. The number of benzene rings is 1. The molecule has 0 radical (unpaired) electrons. The third-order valence-electron chi connectivity index (χ3n) is 2.56. The molecule has 2 N–H and O–H groups in total. The van der Waals surface area contributed by atoms with Crippen molar-refractivity contribution in [1.82, 2.24) is 0 Å². The molecule has 0 heterocycles. The van der Waals surface area contributed by atoms with Crippen molar-refractivity contribution >= 4 is 12.4 Å². The van der Waals surface area contributed by atoms with Crippen LogP contribution in [0.1, 0.15) is 18.0 Å². The van der Waals surface area contributed by atoms with Crippen molar-refractivity contribution in [3.05, 3.63) is 30.4 Å². The Morgan fingerprint density at radius 2 is 1.61 bits per heavy atom. The van der Waals surface area contributed by atoms with Gasteiger partial charge >= 0.3 is 0 Å². The van der Waals surface area contributed by atoms with Gasteiger partial charge in [-0.2, -0.15) is 0 Å². The maximum Gasteiger partial charge on any atom is 0.164 e. The maximum absolute atomic E-state index is 6.05. The number of ether oxygens (including phenoxy) is 3. The minimum atomic E-state index is -0.165. The van der Waals surface area contributed by atoms with Gasteiger partial charge in [-0.25, -0.2) is 0 Å². The number of methoxy groups -OCH3 is 3. The Labute approximate surface area is 114 Å². The van der Waals surface area contributed by atoms with Crippen LogP contribution < -0.4 is 19.9 Å². The van der Waals surface area contributed by atoms with E-state index in [4.69, 9.17) is 19.9 Å². The third-order valence-corrected chi connectivity index (χ3v) is 2.56. The van der Waals surface area contributed by atoms with Gasteiger partial charge in [0.05, 0.1) is 21.3 Å². The lowest BCUT2D eigenvalue weighted by molar-refractivity contribution is 0.346. The van der Waals surface area contributed by atoms with Crippen LogP contribution in [0.2, 0.25) is 0 Å². The standard InChI is InChI=1S/C13H19NO3.ClH/c1-5-6-10(14)9-7-12(16-3)13(17-4)8-11(9)15-2;/h5,7-8,10H,1,6,14H2,2-4H3;1H/t10-;/m0./s1. The SMILES string of the molecule is C=CC[C@H](N)c1cc(OC)c(OC)cc1OC.Cl. The van der Waals surface area contributed by atoms with Crippen LogP contribution >= 0.6 is 12.4 Å². The van der Waals surface area contributed by atoms with Crippen LogP contribution in [-0.2, 0) is 0 Å². The largest absolute Gasteiger partial charge is 0.496 e. The highest BCUT2D eigenvalue weighted by atomic mass is 35.5. The van der Waals surface area contributed by atoms with Crippen molar-refractivity contribution in [2.24, 2.45) is 5.73 Å². The Hall–Kier alpha value is -1.39. The van der Waals surface area contributed by atoms with Crippen molar-refractivity contribution in [1.29, 1.82) is 0 Å². The third kappa shape index (κ3) is 3.55. The molecule has 0 aliphatic heterocycles. The Kier molecular flexibility index (Phi) is 7.24. The van der Waals surface area contributed by atoms with Crippen LogP contribution in [-0.4, -0.2) is 21.3 Å². The van der Waals surface area contributed by atoms with E-state index in [1.807, 2.05) is 6.07 Å². The molecule has 4 nitrogen and oxygen atoms in total. The number of hydrogen-bond acceptors (Lipinski definition) is 4. The first kappa shape index (κ1) is 16.6. The van der Waals surface area contributed by atoms with Crippen molar-refractivity contribution in [2.45, 2.75) is 12.5 Å². The van der Waals surface area contributed by atoms with Gasteiger partial charge in [0.1, 0.15) is 5.75 Å². The summed E-state index contributed by atoms with van der Waals surface area (Å²) in [4.78, 5) is 0. The van der Waals surface area contributed by atoms with Gasteiger partial charge in [0.25, 0.3) is 0 Å². The van der Waals surface area contributed by atoms with Crippen LogP contribution in [0.5, 0.6) is 17.2 Å². The van der Waals surface area contributed by atoms with Crippen LogP contribution in [0.3, 0.4) is 0 Å². The summed E-state index contributed by atoms with van der Waals surface area (Å²) in [6, 6.07) is 3.45. The molecule has 0 saturated carbocycles. The average molecular weight is 274 g/mol. The zero-order valence-electron chi connectivity index (χ0n) is 10.9. The lowest BCUT2D eigenvalue weighted by Gasteiger charge is -2.17. The summed E-state index contributed by atoms with van der Waals surface area (Å²) in [6.45, 7) is 3.68. The molecule has 0 fully saturated rings. The quantitative estimate of drug-likeness (QED) is 0.810. The van der Waals surface area contributed by atoms with E-state index in [0.717, 1.165) is 5.56 Å². The average Bonchev–Trinajstić information content (AvgIpc) is 2.37. The summed E-state index contributed by atoms with van der Waals surface area (Å²) in [5.74, 6) is 1.96. The Balaban J connectivity index is 0.00000289. The molecule has 0 aromatic heterocycles. The van der Waals surface area contributed by atoms with Gasteiger partial charge in [-0.3, -0.25) is 0 Å². The molecule has 1 aromatic rings. The Bertz CT molecular complexity index is 396. The van der Waals surface area contributed by atoms with Crippen molar-refractivity contribution < 1.29 is 14.2 Å². The molecule has 0 aliphatic carbocycles. The highest BCUT2D eigenvalue weighted by molar-refractivity contribution is 5.85. The van der Waals surface area contributed by atoms with Crippen molar-refractivity contribution in [2.75, 3.05) is 21.3 Å². The number of nitrogens with two attached hydrogens (primary N) is 1. The van der Waals surface area contributed by atoms with Gasteiger partial charge in [-0.05, 0) is 12.5 Å². The van der Waals surface area contributed by atoms with Crippen molar-refractivity contribution in [3.8, 4) is 17.2 Å². The Morgan fingerprint density at radius 3 is 2.06 bits per heavy atom. The molecule has 0 amide bonds. The fraction of sp³-hybridized carbons (Fsp3) is 0.385. The zero-order chi connectivity index (χ0) is 12.8. The monoisotopic (exact) mass is 273 g/mol. The van der Waals surface area contributed by atoms with E-state index in [0.29, 0.717) is 23.7 Å². The van der Waals surface area contributed by atoms with Gasteiger partial charge in [0.15, 0.2) is 11.5 Å². The van der Waals surface area contributed by atoms with Crippen LogP contribution in [0.4, 0.5) is 0 Å². The normalized spacial score (nSPS) is 11.1. The van der Waals surface area contributed by atoms with E-state index in [9.17, 15) is 0 Å². The Morgan fingerprint density at radius 1 is 1.11 bits per heavy atom. The van der Waals surface area contributed by atoms with Gasteiger partial charge in [0.2, 0.25) is 0 Å². The zero-order valence-corrected chi connectivity index (χ0v) is 11.8. The molecule has 0 saturated heterocycles. The molecule has 0 aliphatic rings. The van der Waals surface area contributed by atoms with Crippen LogP contribution in [0.15, 0.2) is 24.8 Å². The van der Waals surface area contributed by atoms with Gasteiger partial charge < -0.3 is 19.9 Å². The summed E-state index contributed by atoms with van der Waals surface area (Å²) < 4.78 is 15.8. The van der Waals surface area contributed by atoms with Gasteiger partial charge in [0, 0.05) is 17.7 Å². The van der Waals surface area contributed by atoms with E-state index < -0.39 is 0 Å². The molecule has 0 spiro atoms. The number of hydrogen-bond donors (Lipinski definition) is 1. The molecule has 0 unspecified atom stereocenters. The second kappa shape index (κ2) is 7.84. The molecule has 1 atom stereocenters. The number of rotatable bonds is 6. The lowest BCUT2D eigenvalue weighted by Crippen LogP contribution is -2.11. The van der Waals surface area contributed by atoms with Crippen LogP contribution in [0, 0.1) is 0 Å². The van der Waals surface area contributed by atoms with E-state index in [1.54, 1.807) is 33.5 Å². The molecule has 1 aromatic carbocycles. The second-order valence-corrected chi connectivity index (χ2v) is 3.58. The van der Waals surface area contributed by atoms with Gasteiger partial charge in [-0.15, -0.1) is 19.0 Å². The van der Waals surface area contributed by atoms with Crippen LogP contribution in [0.25, 0.3) is 0 Å². The lowest BCUT2D eigenvalue weighted by atomic mass is 10.0. The first-order chi connectivity index (χ1) is 8.17. The van der Waals surface area contributed by atoms with Crippen molar-refractivity contribution in [3.63, 3.8) is 0 Å². The topological polar surface area (TPSA) is 53.7 Å². The van der Waals surface area contributed by atoms with E-state index in [-0.39, 0.29) is 18.4 Å². The smallest absolute Gasteiger partial charge is 0.164 e. The molecular formula is C13H20ClNO3. The van der Waals surface area contributed by atoms with Gasteiger partial charge in [-0.1, -0.05) is 6.08 Å². The summed E-state index contributed by atoms with van der Waals surface area (Å²) >= 11 is 0. The summed E-state index contributed by atoms with van der Waals surface area (Å²) in [7, 11) is 4.78. The highest BCUT2D eigenvalue weighted by Crippen LogP contribution is 2.37. The predicted octanol–water partition coefficient (Wildman–Crippen LogP) is 2.71. The summed E-state index contributed by atoms with van der Waals surface area (Å²) in [5, 5.41) is 0. The second-order valence-electron chi connectivity index (χ2n) is 3.58. The summed E-state index contributed by atoms with van der Waals surface area (Å²) in [6.07, 6.45) is 2.45. The van der Waals surface area contributed by atoms with E-state index >= 15 is 0 Å². The molecule has 1 rings (SSSR count). The highest BCUT2D eigenvalue weighted by Gasteiger charge is 2.16. The fourth-order valence-corrected chi connectivity index (χ4v) is 1.65. The fourth-order valence-electron chi connectivity index (χ4n) is 1.65. The molecular weight excluding hydrogens is 254 g/mol. The number of halogens is 1. The van der Waals surface area contributed by atoms with E-state index in [1.165, 1.54) is 0 Å². The first-order valence-electron chi connectivity index (χ1n) is 5.34. The maximum atomic E-state index is 6.05. The summed E-state index contributed by atoms with van der Waals surface area (Å²) in [5.41, 5.74) is 6.93. The van der Waals surface area contributed by atoms with E-state index in [2.05, 4.69) is 6.58 Å². The molecule has 102 valence electrons. The minimum absolute atomic E-state index is 0. The minimum Gasteiger partial charge on any atom is -0.496 e.